The number of aryl methyl sites for hydroxylation is 4. The van der Waals surface area contributed by atoms with Crippen LogP contribution >= 0.6 is 63.7 Å². The van der Waals surface area contributed by atoms with Gasteiger partial charge in [-0.2, -0.15) is 0 Å². The number of aromatic nitrogens is 1. The Morgan fingerprint density at radius 1 is 0.240 bits per heavy atom. The maximum atomic E-state index is 7.61. The summed E-state index contributed by atoms with van der Waals surface area (Å²) in [6, 6.07) is 89.8. The highest BCUT2D eigenvalue weighted by molar-refractivity contribution is 9.11. The highest BCUT2D eigenvalue weighted by Crippen LogP contribution is 2.58. The maximum absolute atomic E-state index is 7.61. The fourth-order valence-electron chi connectivity index (χ4n) is 15.1. The van der Waals surface area contributed by atoms with Gasteiger partial charge in [-0.3, -0.25) is 0 Å². The first-order valence-corrected chi connectivity index (χ1v) is 37.4. The molecule has 9 nitrogen and oxygen atoms in total. The number of benzene rings is 11. The summed E-state index contributed by atoms with van der Waals surface area (Å²) in [4.78, 5) is 4.77. The van der Waals surface area contributed by atoms with Crippen LogP contribution in [0.15, 0.2) is 279 Å². The lowest BCUT2D eigenvalue weighted by atomic mass is 9.75. The largest absolute Gasteiger partial charge is 0.450 e. The third-order valence-electron chi connectivity index (χ3n) is 20.2. The van der Waals surface area contributed by atoms with Gasteiger partial charge in [-0.1, -0.05) is 206 Å². The second-order valence-electron chi connectivity index (χ2n) is 26.4. The van der Waals surface area contributed by atoms with E-state index in [2.05, 4.69) is 270 Å². The standard InChI is InChI=1S/C87H67Br4NO8/c88-60-32-25-56(26-33-60)84-93-75-47-77-69-43-67(75)63(38-21-52-13-5-1-6-14-52)68-44-70-65(40-23-54-17-9-3-10-18-54)72-46-74-66(41-24-55-19-11-4-12-20-55)73-45-71(64(69)39-22-53-15-7-2-8-16-53)79(97-85(95-77)57-27-34-61(89)35-28-57)49-81(73)99-87(59-31-42-83(91)92-51-59)100-82(74)50-80(72)98-86(58-29-36-62(90)37-30-58)96-78(70)48-76(68)94-84/h1-20,25-37,42-51,63-66,84-87H,21-24,38-41H2. The summed E-state index contributed by atoms with van der Waals surface area (Å²) in [7, 11) is 0. The van der Waals surface area contributed by atoms with Crippen molar-refractivity contribution in [1.82, 2.24) is 4.98 Å². The van der Waals surface area contributed by atoms with Gasteiger partial charge in [0.05, 0.1) is 5.56 Å². The van der Waals surface area contributed by atoms with E-state index in [1.54, 1.807) is 0 Å². The predicted molar refractivity (Wildman–Crippen MR) is 403 cm³/mol. The average Bonchev–Trinajstić information content (AvgIpc) is 0.733. The van der Waals surface area contributed by atoms with Gasteiger partial charge in [0.1, 0.15) is 50.6 Å². The van der Waals surface area contributed by atoms with Gasteiger partial charge in [0.2, 0.25) is 0 Å². The quantitative estimate of drug-likeness (QED) is 0.0878. The van der Waals surface area contributed by atoms with E-state index < -0.39 is 25.2 Å². The van der Waals surface area contributed by atoms with Crippen molar-refractivity contribution in [3.05, 3.63) is 368 Å². The van der Waals surface area contributed by atoms with Crippen LogP contribution in [0.5, 0.6) is 46.0 Å². The molecule has 0 radical (unpaired) electrons. The Morgan fingerprint density at radius 2 is 0.460 bits per heavy atom. The molecule has 12 aromatic rings. The zero-order valence-corrected chi connectivity index (χ0v) is 60.7. The third-order valence-corrected chi connectivity index (χ3v) is 22.2. The molecular formula is C87H67Br4NO8. The first-order valence-electron chi connectivity index (χ1n) is 34.2. The van der Waals surface area contributed by atoms with Crippen molar-refractivity contribution in [2.75, 3.05) is 0 Å². The Bertz CT molecular complexity index is 4190. The zero-order chi connectivity index (χ0) is 67.2. The molecule has 0 saturated heterocycles. The number of hydrogen-bond donors (Lipinski definition) is 0. The lowest BCUT2D eigenvalue weighted by Gasteiger charge is -2.38. The number of pyridine rings is 1. The average molecular weight is 1570 g/mol. The van der Waals surface area contributed by atoms with E-state index in [-0.39, 0.29) is 23.7 Å². The molecule has 4 atom stereocenters. The first kappa shape index (κ1) is 64.3. The molecule has 5 heterocycles. The number of ether oxygens (including phenoxy) is 8. The van der Waals surface area contributed by atoms with Crippen LogP contribution in [-0.4, -0.2) is 4.98 Å². The third kappa shape index (κ3) is 13.3. The van der Waals surface area contributed by atoms with Crippen LogP contribution in [0.25, 0.3) is 0 Å². The molecule has 1 aromatic heterocycles. The van der Waals surface area contributed by atoms with Crippen LogP contribution in [0, 0.1) is 0 Å². The molecule has 17 rings (SSSR count). The van der Waals surface area contributed by atoms with Crippen molar-refractivity contribution in [3.63, 3.8) is 0 Å². The van der Waals surface area contributed by atoms with E-state index in [9.17, 15) is 0 Å². The fourth-order valence-corrected chi connectivity index (χ4v) is 16.1. The molecule has 5 aliphatic rings. The summed E-state index contributed by atoms with van der Waals surface area (Å²) in [6.07, 6.45) is 3.72. The fraction of sp³-hybridized carbons (Fsp3) is 0.184. The van der Waals surface area contributed by atoms with Crippen LogP contribution in [0.3, 0.4) is 0 Å². The van der Waals surface area contributed by atoms with Gasteiger partial charge in [-0.15, -0.1) is 0 Å². The van der Waals surface area contributed by atoms with Crippen molar-refractivity contribution < 1.29 is 37.9 Å². The molecule has 4 aliphatic heterocycles. The Balaban J connectivity index is 1.01. The summed E-state index contributed by atoms with van der Waals surface area (Å²) < 4.78 is 64.3. The summed E-state index contributed by atoms with van der Waals surface area (Å²) in [5.41, 5.74) is 16.1. The van der Waals surface area contributed by atoms with Gasteiger partial charge in [-0.05, 0) is 162 Å². The van der Waals surface area contributed by atoms with Crippen molar-refractivity contribution >= 4 is 63.7 Å². The Morgan fingerprint density at radius 3 is 0.680 bits per heavy atom. The highest BCUT2D eigenvalue weighted by Gasteiger charge is 2.42. The molecular weight excluding hydrogens is 1510 g/mol. The van der Waals surface area contributed by atoms with E-state index in [0.717, 1.165) is 100 Å². The van der Waals surface area contributed by atoms with E-state index in [0.29, 0.717) is 81.8 Å². The molecule has 496 valence electrons. The Kier molecular flexibility index (Phi) is 18.1. The maximum Gasteiger partial charge on any atom is 0.269 e. The summed E-state index contributed by atoms with van der Waals surface area (Å²) in [5.74, 6) is 3.80. The molecule has 8 bridgehead atoms. The van der Waals surface area contributed by atoms with Crippen LogP contribution in [0.1, 0.15) is 164 Å². The second-order valence-corrected chi connectivity index (χ2v) is 29.9. The number of rotatable bonds is 16. The smallest absolute Gasteiger partial charge is 0.269 e. The predicted octanol–water partition coefficient (Wildman–Crippen LogP) is 23.4. The minimum atomic E-state index is -1.00. The van der Waals surface area contributed by atoms with Gasteiger partial charge in [-0.25, -0.2) is 4.98 Å². The van der Waals surface area contributed by atoms with Gasteiger partial charge in [0, 0.05) is 129 Å². The van der Waals surface area contributed by atoms with E-state index in [4.69, 9.17) is 42.9 Å². The summed E-state index contributed by atoms with van der Waals surface area (Å²) in [6.45, 7) is 0. The molecule has 4 unspecified atom stereocenters. The van der Waals surface area contributed by atoms with Crippen molar-refractivity contribution in [2.24, 2.45) is 0 Å². The molecule has 0 N–H and O–H groups in total. The molecule has 0 saturated carbocycles. The monoisotopic (exact) mass is 1570 g/mol. The van der Waals surface area contributed by atoms with Crippen LogP contribution in [0.2, 0.25) is 0 Å². The minimum absolute atomic E-state index is 0.313. The molecule has 100 heavy (non-hydrogen) atoms. The number of nitrogens with zero attached hydrogens (tertiary/aromatic N) is 1. The summed E-state index contributed by atoms with van der Waals surface area (Å²) in [5, 5.41) is 0. The van der Waals surface area contributed by atoms with Gasteiger partial charge in [0.15, 0.2) is 0 Å². The minimum Gasteiger partial charge on any atom is -0.450 e. The van der Waals surface area contributed by atoms with E-state index in [1.807, 2.05) is 54.7 Å². The molecule has 1 aliphatic carbocycles. The van der Waals surface area contributed by atoms with Gasteiger partial charge >= 0.3 is 0 Å². The van der Waals surface area contributed by atoms with Crippen molar-refractivity contribution in [1.29, 1.82) is 0 Å². The summed E-state index contributed by atoms with van der Waals surface area (Å²) >= 11 is 14.9. The molecule has 13 heteroatoms. The SMILES string of the molecule is Brc1ccc(C2Oc3cc4c5cc3C(CCc3ccccc3)c3cc6c(cc3O2)OC(c2ccc(Br)cc2)Oc2cc3c(cc2C6CCc2ccccc2)C(CCc2ccccc2)c2cc(c(cc2OC(c2ccc(Br)nc2)O3)OC(c2ccc(Br)cc2)O4)C5CCc2ccccc2)cc1. The second kappa shape index (κ2) is 28.1. The first-order chi connectivity index (χ1) is 49.1. The zero-order valence-electron chi connectivity index (χ0n) is 54.3. The van der Waals surface area contributed by atoms with Crippen LogP contribution in [-0.2, 0) is 25.7 Å². The van der Waals surface area contributed by atoms with Crippen LogP contribution < -0.4 is 37.9 Å². The number of hydrogen-bond acceptors (Lipinski definition) is 9. The molecule has 0 amide bonds. The Hall–Kier alpha value is -9.11. The Labute approximate surface area is 615 Å². The van der Waals surface area contributed by atoms with E-state index >= 15 is 0 Å². The molecule has 0 fully saturated rings. The number of halogens is 4. The highest BCUT2D eigenvalue weighted by atomic mass is 79.9. The van der Waals surface area contributed by atoms with E-state index in [1.165, 1.54) is 22.3 Å². The van der Waals surface area contributed by atoms with Gasteiger partial charge < -0.3 is 37.9 Å². The van der Waals surface area contributed by atoms with Crippen molar-refractivity contribution in [2.45, 2.75) is 100 Å². The lowest BCUT2D eigenvalue weighted by molar-refractivity contribution is -0.0120. The molecule has 0 spiro atoms. The topological polar surface area (TPSA) is 86.7 Å². The normalized spacial score (nSPS) is 19.6. The van der Waals surface area contributed by atoms with Crippen molar-refractivity contribution in [3.8, 4) is 46.0 Å². The van der Waals surface area contributed by atoms with Crippen LogP contribution in [0.4, 0.5) is 0 Å². The molecule has 11 aromatic carbocycles. The van der Waals surface area contributed by atoms with Gasteiger partial charge in [0.25, 0.3) is 25.2 Å². The lowest BCUT2D eigenvalue weighted by Crippen LogP contribution is -2.26.